The first-order valence-corrected chi connectivity index (χ1v) is 8.32. The van der Waals surface area contributed by atoms with Gasteiger partial charge in [0, 0.05) is 13.1 Å². The summed E-state index contributed by atoms with van der Waals surface area (Å²) in [5.41, 5.74) is 1.65. The summed E-state index contributed by atoms with van der Waals surface area (Å²) in [4.78, 5) is 26.0. The van der Waals surface area contributed by atoms with E-state index in [0.29, 0.717) is 16.1 Å². The van der Waals surface area contributed by atoms with Crippen LogP contribution < -0.4 is 0 Å². The van der Waals surface area contributed by atoms with Gasteiger partial charge in [-0.05, 0) is 58.5 Å². The smallest absolute Gasteiger partial charge is 0.261 e. The summed E-state index contributed by atoms with van der Waals surface area (Å²) in [6.45, 7) is 0.176. The van der Waals surface area contributed by atoms with Gasteiger partial charge in [-0.25, -0.2) is 0 Å². The van der Waals surface area contributed by atoms with Crippen LogP contribution in [0, 0.1) is 3.57 Å². The number of carbonyl (C=O) groups is 2. The fourth-order valence-corrected chi connectivity index (χ4v) is 3.45. The van der Waals surface area contributed by atoms with Crippen LogP contribution in [0.5, 0.6) is 0 Å². The molecule has 0 spiro atoms. The lowest BCUT2D eigenvalue weighted by atomic mass is 10.1. The predicted molar refractivity (Wildman–Crippen MR) is 92.5 cm³/mol. The molecule has 106 valence electrons. The lowest BCUT2D eigenvalue weighted by Crippen LogP contribution is -2.29. The van der Waals surface area contributed by atoms with Crippen LogP contribution in [-0.4, -0.2) is 16.7 Å². The normalized spacial score (nSPS) is 13.8. The second-order valence-corrected chi connectivity index (χ2v) is 7.19. The van der Waals surface area contributed by atoms with Gasteiger partial charge in [0.25, 0.3) is 11.8 Å². The van der Waals surface area contributed by atoms with Crippen LogP contribution in [0.15, 0.2) is 40.9 Å². The lowest BCUT2D eigenvalue weighted by molar-refractivity contribution is 0.0642. The van der Waals surface area contributed by atoms with Gasteiger partial charge < -0.3 is 0 Å². The molecule has 1 heterocycles. The van der Waals surface area contributed by atoms with Crippen molar-refractivity contribution in [1.82, 2.24) is 4.90 Å². The molecular formula is C15H8BrClINO2. The molecule has 2 aromatic carbocycles. The summed E-state index contributed by atoms with van der Waals surface area (Å²) >= 11 is 11.6. The van der Waals surface area contributed by atoms with E-state index in [1.807, 2.05) is 12.1 Å². The quantitative estimate of drug-likeness (QED) is 0.473. The largest absolute Gasteiger partial charge is 0.270 e. The molecule has 21 heavy (non-hydrogen) atoms. The fourth-order valence-electron chi connectivity index (χ4n) is 2.23. The molecule has 3 rings (SSSR count). The first-order valence-electron chi connectivity index (χ1n) is 6.07. The van der Waals surface area contributed by atoms with Crippen LogP contribution in [0.4, 0.5) is 0 Å². The van der Waals surface area contributed by atoms with Gasteiger partial charge in [-0.1, -0.05) is 33.6 Å². The molecule has 0 atom stereocenters. The number of carbonyl (C=O) groups excluding carboxylic acids is 2. The Hall–Kier alpha value is -0.920. The predicted octanol–water partition coefficient (Wildman–Crippen LogP) is 4.50. The lowest BCUT2D eigenvalue weighted by Gasteiger charge is -2.15. The number of halogens is 3. The molecule has 0 saturated carbocycles. The highest BCUT2D eigenvalue weighted by Crippen LogP contribution is 2.28. The van der Waals surface area contributed by atoms with E-state index < -0.39 is 0 Å². The number of nitrogens with zero attached hydrogens (tertiary/aromatic N) is 1. The van der Waals surface area contributed by atoms with E-state index in [2.05, 4.69) is 38.5 Å². The molecule has 0 radical (unpaired) electrons. The van der Waals surface area contributed by atoms with Gasteiger partial charge in [-0.2, -0.15) is 0 Å². The van der Waals surface area contributed by atoms with Crippen molar-refractivity contribution in [3.8, 4) is 0 Å². The van der Waals surface area contributed by atoms with Gasteiger partial charge >= 0.3 is 0 Å². The average molecular weight is 476 g/mol. The maximum Gasteiger partial charge on any atom is 0.261 e. The maximum atomic E-state index is 12.4. The molecule has 0 aromatic heterocycles. The van der Waals surface area contributed by atoms with Crippen molar-refractivity contribution in [1.29, 1.82) is 0 Å². The number of benzene rings is 2. The highest BCUT2D eigenvalue weighted by atomic mass is 127. The molecule has 2 aromatic rings. The number of hydrogen-bond acceptors (Lipinski definition) is 2. The highest BCUT2D eigenvalue weighted by Gasteiger charge is 2.35. The van der Waals surface area contributed by atoms with Gasteiger partial charge in [0.15, 0.2) is 0 Å². The van der Waals surface area contributed by atoms with Crippen molar-refractivity contribution in [3.63, 3.8) is 0 Å². The summed E-state index contributed by atoms with van der Waals surface area (Å²) in [6, 6.07) is 10.6. The molecule has 0 aliphatic carbocycles. The Morgan fingerprint density at radius 2 is 1.76 bits per heavy atom. The molecule has 6 heteroatoms. The Labute approximate surface area is 148 Å². The van der Waals surface area contributed by atoms with Crippen LogP contribution in [0.3, 0.4) is 0 Å². The summed E-state index contributed by atoms with van der Waals surface area (Å²) < 4.78 is 1.78. The van der Waals surface area contributed by atoms with E-state index in [9.17, 15) is 9.59 Å². The van der Waals surface area contributed by atoms with Crippen LogP contribution in [0.25, 0.3) is 0 Å². The number of fused-ring (bicyclic) bond motifs is 1. The second kappa shape index (κ2) is 5.70. The average Bonchev–Trinajstić information content (AvgIpc) is 2.66. The summed E-state index contributed by atoms with van der Waals surface area (Å²) in [5.74, 6) is -0.544. The van der Waals surface area contributed by atoms with Crippen LogP contribution in [0.2, 0.25) is 5.02 Å². The van der Waals surface area contributed by atoms with Crippen molar-refractivity contribution in [2.24, 2.45) is 0 Å². The van der Waals surface area contributed by atoms with Crippen LogP contribution in [-0.2, 0) is 6.54 Å². The third-order valence-electron chi connectivity index (χ3n) is 3.28. The Morgan fingerprint density at radius 3 is 2.48 bits per heavy atom. The molecule has 0 fully saturated rings. The van der Waals surface area contributed by atoms with Gasteiger partial charge in [-0.15, -0.1) is 0 Å². The SMILES string of the molecule is O=C1c2ccc(I)cc2C(=O)N1Cc1ccc(Br)cc1Cl. The van der Waals surface area contributed by atoms with Crippen LogP contribution in [0.1, 0.15) is 26.3 Å². The Bertz CT molecular complexity index is 778. The summed E-state index contributed by atoms with van der Waals surface area (Å²) in [7, 11) is 0. The first kappa shape index (κ1) is 15.0. The molecule has 2 amide bonds. The van der Waals surface area contributed by atoms with Gasteiger partial charge in [0.05, 0.1) is 17.7 Å². The third kappa shape index (κ3) is 2.74. The van der Waals surface area contributed by atoms with E-state index in [1.165, 1.54) is 4.90 Å². The minimum Gasteiger partial charge on any atom is -0.270 e. The van der Waals surface area contributed by atoms with E-state index >= 15 is 0 Å². The van der Waals surface area contributed by atoms with Crippen molar-refractivity contribution >= 4 is 61.9 Å². The van der Waals surface area contributed by atoms with E-state index in [0.717, 1.165) is 13.6 Å². The van der Waals surface area contributed by atoms with E-state index in [-0.39, 0.29) is 18.4 Å². The zero-order valence-electron chi connectivity index (χ0n) is 10.6. The number of imide groups is 1. The molecular weight excluding hydrogens is 468 g/mol. The summed E-state index contributed by atoms with van der Waals surface area (Å²) in [5, 5.41) is 0.524. The summed E-state index contributed by atoms with van der Waals surface area (Å²) in [6.07, 6.45) is 0. The molecule has 1 aliphatic rings. The fraction of sp³-hybridized carbons (Fsp3) is 0.0667. The van der Waals surface area contributed by atoms with Gasteiger partial charge in [0.2, 0.25) is 0 Å². The monoisotopic (exact) mass is 475 g/mol. The third-order valence-corrected chi connectivity index (χ3v) is 4.79. The Morgan fingerprint density at radius 1 is 1.05 bits per heavy atom. The molecule has 0 saturated heterocycles. The zero-order chi connectivity index (χ0) is 15.1. The van der Waals surface area contributed by atoms with Gasteiger partial charge in [0.1, 0.15) is 0 Å². The topological polar surface area (TPSA) is 37.4 Å². The van der Waals surface area contributed by atoms with Crippen molar-refractivity contribution in [2.75, 3.05) is 0 Å². The molecule has 3 nitrogen and oxygen atoms in total. The minimum atomic E-state index is -0.273. The number of hydrogen-bond donors (Lipinski definition) is 0. The number of amides is 2. The van der Waals surface area contributed by atoms with Gasteiger partial charge in [-0.3, -0.25) is 14.5 Å². The Kier molecular flexibility index (Phi) is 4.07. The second-order valence-electron chi connectivity index (χ2n) is 4.62. The van der Waals surface area contributed by atoms with E-state index in [4.69, 9.17) is 11.6 Å². The van der Waals surface area contributed by atoms with Crippen LogP contribution >= 0.6 is 50.1 Å². The van der Waals surface area contributed by atoms with Crippen molar-refractivity contribution in [2.45, 2.75) is 6.54 Å². The minimum absolute atomic E-state index is 0.176. The molecule has 0 unspecified atom stereocenters. The number of rotatable bonds is 2. The first-order chi connectivity index (χ1) is 9.97. The highest BCUT2D eigenvalue weighted by molar-refractivity contribution is 14.1. The molecule has 0 bridgehead atoms. The standard InChI is InChI=1S/C15H8BrClINO2/c16-9-2-1-8(13(17)5-9)7-19-14(20)11-4-3-10(18)6-12(11)15(19)21/h1-6H,7H2. The van der Waals surface area contributed by atoms with Crippen molar-refractivity contribution in [3.05, 3.63) is 66.2 Å². The Balaban J connectivity index is 1.95. The maximum absolute atomic E-state index is 12.4. The molecule has 1 aliphatic heterocycles. The molecule has 0 N–H and O–H groups in total. The zero-order valence-corrected chi connectivity index (χ0v) is 15.1. The van der Waals surface area contributed by atoms with Crippen molar-refractivity contribution < 1.29 is 9.59 Å². The van der Waals surface area contributed by atoms with E-state index in [1.54, 1.807) is 24.3 Å².